The summed E-state index contributed by atoms with van der Waals surface area (Å²) in [6, 6.07) is 7.89. The molecule has 0 spiro atoms. The van der Waals surface area contributed by atoms with Crippen LogP contribution < -0.4 is 11.1 Å². The fourth-order valence-electron chi connectivity index (χ4n) is 2.02. The second-order valence-electron chi connectivity index (χ2n) is 4.74. The largest absolute Gasteiger partial charge is 0.416 e. The number of carbonyl (C=O) groups excluding carboxylic acids is 1. The molecule has 4 nitrogen and oxygen atoms in total. The Labute approximate surface area is 125 Å². The zero-order valence-electron chi connectivity index (χ0n) is 11.5. The molecular formula is C15H14F3N3O. The standard InChI is InChI=1S/C15H14F3N3O/c16-15(17,18)12-3-1-2-10(8-12)4-5-11-6-7-20-13(9-11)21-14(19)22/h1-3,6-9H,4-5H2,(H3,19,20,21,22). The van der Waals surface area contributed by atoms with Gasteiger partial charge >= 0.3 is 12.2 Å². The lowest BCUT2D eigenvalue weighted by Crippen LogP contribution is -2.20. The Hall–Kier alpha value is -2.57. The fraction of sp³-hybridized carbons (Fsp3) is 0.200. The average molecular weight is 309 g/mol. The Balaban J connectivity index is 2.05. The molecule has 22 heavy (non-hydrogen) atoms. The van der Waals surface area contributed by atoms with E-state index in [1.165, 1.54) is 12.3 Å². The first-order chi connectivity index (χ1) is 10.3. The molecule has 0 aliphatic rings. The summed E-state index contributed by atoms with van der Waals surface area (Å²) in [6.07, 6.45) is -1.86. The van der Waals surface area contributed by atoms with Crippen LogP contribution in [0.2, 0.25) is 0 Å². The molecule has 1 aromatic carbocycles. The van der Waals surface area contributed by atoms with Crippen molar-refractivity contribution in [2.24, 2.45) is 5.73 Å². The van der Waals surface area contributed by atoms with Crippen molar-refractivity contribution in [3.63, 3.8) is 0 Å². The van der Waals surface area contributed by atoms with Crippen molar-refractivity contribution in [1.29, 1.82) is 0 Å². The monoisotopic (exact) mass is 309 g/mol. The Morgan fingerprint density at radius 3 is 2.45 bits per heavy atom. The lowest BCUT2D eigenvalue weighted by atomic mass is 10.0. The fourth-order valence-corrected chi connectivity index (χ4v) is 2.02. The summed E-state index contributed by atoms with van der Waals surface area (Å²) in [5.41, 5.74) is 5.78. The molecule has 3 N–H and O–H groups in total. The van der Waals surface area contributed by atoms with Gasteiger partial charge in [0.15, 0.2) is 0 Å². The number of aromatic nitrogens is 1. The van der Waals surface area contributed by atoms with Gasteiger partial charge in [0.25, 0.3) is 0 Å². The summed E-state index contributed by atoms with van der Waals surface area (Å²) in [4.78, 5) is 14.7. The molecular weight excluding hydrogens is 295 g/mol. The van der Waals surface area contributed by atoms with E-state index in [1.54, 1.807) is 18.2 Å². The van der Waals surface area contributed by atoms with Crippen molar-refractivity contribution in [1.82, 2.24) is 4.98 Å². The van der Waals surface area contributed by atoms with Crippen LogP contribution in [0.25, 0.3) is 0 Å². The van der Waals surface area contributed by atoms with Crippen molar-refractivity contribution in [3.05, 3.63) is 59.3 Å². The van der Waals surface area contributed by atoms with Gasteiger partial charge in [-0.3, -0.25) is 5.32 Å². The molecule has 2 rings (SSSR count). The van der Waals surface area contributed by atoms with Crippen molar-refractivity contribution in [2.75, 3.05) is 5.32 Å². The van der Waals surface area contributed by atoms with Crippen LogP contribution >= 0.6 is 0 Å². The van der Waals surface area contributed by atoms with Crippen molar-refractivity contribution < 1.29 is 18.0 Å². The van der Waals surface area contributed by atoms with Crippen molar-refractivity contribution >= 4 is 11.8 Å². The van der Waals surface area contributed by atoms with E-state index in [0.29, 0.717) is 24.2 Å². The lowest BCUT2D eigenvalue weighted by Gasteiger charge is -2.09. The number of alkyl halides is 3. The molecule has 0 atom stereocenters. The van der Waals surface area contributed by atoms with Gasteiger partial charge in [-0.2, -0.15) is 13.2 Å². The number of rotatable bonds is 4. The van der Waals surface area contributed by atoms with Crippen LogP contribution in [0, 0.1) is 0 Å². The number of nitrogens with one attached hydrogen (secondary N) is 1. The number of benzene rings is 1. The molecule has 0 radical (unpaired) electrons. The Kier molecular flexibility index (Phi) is 4.65. The van der Waals surface area contributed by atoms with Gasteiger partial charge in [-0.1, -0.05) is 18.2 Å². The molecule has 2 aromatic rings. The summed E-state index contributed by atoms with van der Waals surface area (Å²) in [5, 5.41) is 2.35. The third kappa shape index (κ3) is 4.47. The molecule has 0 unspecified atom stereocenters. The molecule has 0 aliphatic carbocycles. The predicted octanol–water partition coefficient (Wildman–Crippen LogP) is 3.38. The zero-order chi connectivity index (χ0) is 16.2. The van der Waals surface area contributed by atoms with Crippen LogP contribution in [0.4, 0.5) is 23.8 Å². The number of carbonyl (C=O) groups is 1. The zero-order valence-corrected chi connectivity index (χ0v) is 11.5. The van der Waals surface area contributed by atoms with Crippen LogP contribution in [0.15, 0.2) is 42.6 Å². The van der Waals surface area contributed by atoms with E-state index in [9.17, 15) is 18.0 Å². The van der Waals surface area contributed by atoms with Gasteiger partial charge in [0.1, 0.15) is 5.82 Å². The van der Waals surface area contributed by atoms with Gasteiger partial charge in [0.2, 0.25) is 0 Å². The lowest BCUT2D eigenvalue weighted by molar-refractivity contribution is -0.137. The summed E-state index contributed by atoms with van der Waals surface area (Å²) < 4.78 is 37.9. The average Bonchev–Trinajstić information content (AvgIpc) is 2.44. The number of primary amides is 1. The predicted molar refractivity (Wildman–Crippen MR) is 76.3 cm³/mol. The minimum absolute atomic E-state index is 0.314. The van der Waals surface area contributed by atoms with Crippen LogP contribution in [0.3, 0.4) is 0 Å². The Bertz CT molecular complexity index is 671. The molecule has 1 aromatic heterocycles. The highest BCUT2D eigenvalue weighted by atomic mass is 19.4. The van der Waals surface area contributed by atoms with E-state index >= 15 is 0 Å². The molecule has 1 heterocycles. The summed E-state index contributed by atoms with van der Waals surface area (Å²) >= 11 is 0. The van der Waals surface area contributed by atoms with Gasteiger partial charge in [-0.25, -0.2) is 9.78 Å². The summed E-state index contributed by atoms with van der Waals surface area (Å²) in [6.45, 7) is 0. The molecule has 7 heteroatoms. The first-order valence-corrected chi connectivity index (χ1v) is 6.52. The smallest absolute Gasteiger partial charge is 0.351 e. The highest BCUT2D eigenvalue weighted by Crippen LogP contribution is 2.29. The number of pyridine rings is 1. The van der Waals surface area contributed by atoms with Gasteiger partial charge in [0.05, 0.1) is 5.56 Å². The minimum Gasteiger partial charge on any atom is -0.351 e. The number of hydrogen-bond acceptors (Lipinski definition) is 2. The van der Waals surface area contributed by atoms with E-state index in [-0.39, 0.29) is 0 Å². The van der Waals surface area contributed by atoms with Crippen LogP contribution in [0.1, 0.15) is 16.7 Å². The third-order valence-electron chi connectivity index (χ3n) is 3.03. The summed E-state index contributed by atoms with van der Waals surface area (Å²) in [5.74, 6) is 0.314. The van der Waals surface area contributed by atoms with E-state index in [1.807, 2.05) is 0 Å². The molecule has 0 bridgehead atoms. The molecule has 0 fully saturated rings. The number of halogens is 3. The highest BCUT2D eigenvalue weighted by molar-refractivity contribution is 5.86. The van der Waals surface area contributed by atoms with E-state index in [0.717, 1.165) is 17.7 Å². The number of aryl methyl sites for hydroxylation is 2. The van der Waals surface area contributed by atoms with E-state index in [4.69, 9.17) is 5.73 Å². The van der Waals surface area contributed by atoms with Crippen LogP contribution in [-0.4, -0.2) is 11.0 Å². The van der Waals surface area contributed by atoms with Gasteiger partial charge < -0.3 is 5.73 Å². The maximum atomic E-state index is 12.6. The molecule has 0 saturated carbocycles. The number of nitrogens with two attached hydrogens (primary N) is 1. The van der Waals surface area contributed by atoms with Crippen LogP contribution in [0.5, 0.6) is 0 Å². The maximum Gasteiger partial charge on any atom is 0.416 e. The number of urea groups is 1. The SMILES string of the molecule is NC(=O)Nc1cc(CCc2cccc(C(F)(F)F)c2)ccn1. The topological polar surface area (TPSA) is 68.0 Å². The second kappa shape index (κ2) is 6.46. The third-order valence-corrected chi connectivity index (χ3v) is 3.03. The molecule has 2 amide bonds. The van der Waals surface area contributed by atoms with Gasteiger partial charge in [-0.05, 0) is 42.2 Å². The number of hydrogen-bond donors (Lipinski definition) is 2. The summed E-state index contributed by atoms with van der Waals surface area (Å²) in [7, 11) is 0. The maximum absolute atomic E-state index is 12.6. The Morgan fingerprint density at radius 1 is 1.14 bits per heavy atom. The minimum atomic E-state index is -4.34. The first-order valence-electron chi connectivity index (χ1n) is 6.52. The Morgan fingerprint density at radius 2 is 1.82 bits per heavy atom. The van der Waals surface area contributed by atoms with Gasteiger partial charge in [0, 0.05) is 6.20 Å². The number of nitrogens with zero attached hydrogens (tertiary/aromatic N) is 1. The quantitative estimate of drug-likeness (QED) is 0.909. The number of anilines is 1. The normalized spacial score (nSPS) is 11.2. The van der Waals surface area contributed by atoms with Crippen LogP contribution in [-0.2, 0) is 19.0 Å². The van der Waals surface area contributed by atoms with Crippen molar-refractivity contribution in [2.45, 2.75) is 19.0 Å². The van der Waals surface area contributed by atoms with Gasteiger partial charge in [-0.15, -0.1) is 0 Å². The van der Waals surface area contributed by atoms with E-state index in [2.05, 4.69) is 10.3 Å². The molecule has 116 valence electrons. The first kappa shape index (κ1) is 15.8. The molecule has 0 saturated heterocycles. The van der Waals surface area contributed by atoms with Crippen molar-refractivity contribution in [3.8, 4) is 0 Å². The number of amides is 2. The van der Waals surface area contributed by atoms with E-state index < -0.39 is 17.8 Å². The highest BCUT2D eigenvalue weighted by Gasteiger charge is 2.30. The molecule has 0 aliphatic heterocycles. The second-order valence-corrected chi connectivity index (χ2v) is 4.74.